The standard InChI is InChI=1S/C18H18ClNO4/c1-10-6-15(22)13(11(2)18(10)19)8-20-9-16(23)12-4-5-14(21)17(7-12)24-3/h4-8,21-22H,9H2,1-3H3. The zero-order valence-electron chi connectivity index (χ0n) is 13.6. The molecule has 0 radical (unpaired) electrons. The molecule has 0 aromatic heterocycles. The van der Waals surface area contributed by atoms with Crippen LogP contribution < -0.4 is 4.74 Å². The molecule has 0 bridgehead atoms. The van der Waals surface area contributed by atoms with E-state index in [0.29, 0.717) is 21.7 Å². The Labute approximate surface area is 145 Å². The predicted molar refractivity (Wildman–Crippen MR) is 94.0 cm³/mol. The number of hydrogen-bond acceptors (Lipinski definition) is 5. The first-order valence-electron chi connectivity index (χ1n) is 7.23. The van der Waals surface area contributed by atoms with E-state index < -0.39 is 0 Å². The average Bonchev–Trinajstić information content (AvgIpc) is 2.56. The number of ketones is 1. The molecule has 2 N–H and O–H groups in total. The van der Waals surface area contributed by atoms with E-state index in [9.17, 15) is 15.0 Å². The number of nitrogens with zero attached hydrogens (tertiary/aromatic N) is 1. The number of phenolic OH excluding ortho intramolecular Hbond substituents is 2. The molecular weight excluding hydrogens is 330 g/mol. The second-order valence-electron chi connectivity index (χ2n) is 5.34. The van der Waals surface area contributed by atoms with Crippen LogP contribution in [0.2, 0.25) is 5.02 Å². The molecule has 0 saturated heterocycles. The maximum atomic E-state index is 12.2. The van der Waals surface area contributed by atoms with Crippen LogP contribution in [-0.2, 0) is 0 Å². The number of phenols is 2. The molecule has 6 heteroatoms. The Kier molecular flexibility index (Phi) is 5.46. The zero-order valence-corrected chi connectivity index (χ0v) is 14.4. The van der Waals surface area contributed by atoms with Crippen molar-refractivity contribution < 1.29 is 19.7 Å². The van der Waals surface area contributed by atoms with E-state index in [4.69, 9.17) is 16.3 Å². The molecule has 0 unspecified atom stereocenters. The lowest BCUT2D eigenvalue weighted by atomic mass is 10.0. The number of aryl methyl sites for hydroxylation is 1. The number of aliphatic imine (C=N–C) groups is 1. The molecule has 2 aromatic rings. The van der Waals surface area contributed by atoms with Crippen LogP contribution in [0.25, 0.3) is 0 Å². The summed E-state index contributed by atoms with van der Waals surface area (Å²) in [4.78, 5) is 16.3. The van der Waals surface area contributed by atoms with Crippen LogP contribution in [0.5, 0.6) is 17.2 Å². The van der Waals surface area contributed by atoms with Gasteiger partial charge in [-0.25, -0.2) is 0 Å². The minimum atomic E-state index is -0.236. The lowest BCUT2D eigenvalue weighted by Crippen LogP contribution is -2.04. The maximum Gasteiger partial charge on any atom is 0.184 e. The first kappa shape index (κ1) is 17.8. The number of ether oxygens (including phenoxy) is 1. The molecule has 0 amide bonds. The molecule has 126 valence electrons. The third kappa shape index (κ3) is 3.68. The number of carbonyl (C=O) groups is 1. The Morgan fingerprint density at radius 3 is 2.62 bits per heavy atom. The first-order valence-corrected chi connectivity index (χ1v) is 7.61. The van der Waals surface area contributed by atoms with Crippen molar-refractivity contribution >= 4 is 23.6 Å². The van der Waals surface area contributed by atoms with Crippen LogP contribution >= 0.6 is 11.6 Å². The van der Waals surface area contributed by atoms with Gasteiger partial charge in [0.15, 0.2) is 17.3 Å². The quantitative estimate of drug-likeness (QED) is 0.638. The van der Waals surface area contributed by atoms with E-state index in [1.165, 1.54) is 31.5 Å². The molecule has 0 fully saturated rings. The maximum absolute atomic E-state index is 12.2. The van der Waals surface area contributed by atoms with Gasteiger partial charge < -0.3 is 14.9 Å². The SMILES string of the molecule is COc1cc(C(=O)CN=Cc2c(O)cc(C)c(Cl)c2C)ccc1O. The zero-order chi connectivity index (χ0) is 17.9. The fourth-order valence-electron chi connectivity index (χ4n) is 2.28. The first-order chi connectivity index (χ1) is 11.3. The van der Waals surface area contributed by atoms with E-state index in [2.05, 4.69) is 4.99 Å². The fourth-order valence-corrected chi connectivity index (χ4v) is 2.43. The fraction of sp³-hybridized carbons (Fsp3) is 0.222. The Hall–Kier alpha value is -2.53. The molecular formula is C18H18ClNO4. The van der Waals surface area contributed by atoms with Crippen molar-refractivity contribution in [2.45, 2.75) is 13.8 Å². The highest BCUT2D eigenvalue weighted by atomic mass is 35.5. The normalized spacial score (nSPS) is 11.0. The largest absolute Gasteiger partial charge is 0.507 e. The van der Waals surface area contributed by atoms with Crippen LogP contribution in [0, 0.1) is 13.8 Å². The molecule has 0 saturated carbocycles. The summed E-state index contributed by atoms with van der Waals surface area (Å²) in [5.41, 5.74) is 2.35. The van der Waals surface area contributed by atoms with Gasteiger partial charge >= 0.3 is 0 Å². The Morgan fingerprint density at radius 2 is 1.96 bits per heavy atom. The van der Waals surface area contributed by atoms with Crippen molar-refractivity contribution in [1.29, 1.82) is 0 Å². The summed E-state index contributed by atoms with van der Waals surface area (Å²) in [6.45, 7) is 3.49. The summed E-state index contributed by atoms with van der Waals surface area (Å²) in [6, 6.07) is 5.91. The number of hydrogen-bond donors (Lipinski definition) is 2. The van der Waals surface area contributed by atoms with Crippen LogP contribution in [0.3, 0.4) is 0 Å². The number of methoxy groups -OCH3 is 1. The summed E-state index contributed by atoms with van der Waals surface area (Å²) in [7, 11) is 1.41. The summed E-state index contributed by atoms with van der Waals surface area (Å²) >= 11 is 6.16. The molecule has 0 spiro atoms. The van der Waals surface area contributed by atoms with Crippen molar-refractivity contribution in [2.24, 2.45) is 4.99 Å². The van der Waals surface area contributed by atoms with Gasteiger partial charge in [0.25, 0.3) is 0 Å². The summed E-state index contributed by atoms with van der Waals surface area (Å²) in [5.74, 6) is 0.0211. The van der Waals surface area contributed by atoms with Crippen molar-refractivity contribution in [3.05, 3.63) is 51.5 Å². The van der Waals surface area contributed by atoms with Gasteiger partial charge in [-0.3, -0.25) is 9.79 Å². The van der Waals surface area contributed by atoms with Crippen LogP contribution in [-0.4, -0.2) is 35.9 Å². The number of halogens is 1. The Balaban J connectivity index is 2.18. The predicted octanol–water partition coefficient (Wildman–Crippen LogP) is 3.68. The topological polar surface area (TPSA) is 79.1 Å². The minimum absolute atomic E-state index is 0.0348. The van der Waals surface area contributed by atoms with Crippen molar-refractivity contribution in [3.63, 3.8) is 0 Å². The lowest BCUT2D eigenvalue weighted by Gasteiger charge is -2.08. The monoisotopic (exact) mass is 347 g/mol. The van der Waals surface area contributed by atoms with Crippen molar-refractivity contribution in [2.75, 3.05) is 13.7 Å². The molecule has 24 heavy (non-hydrogen) atoms. The summed E-state index contributed by atoms with van der Waals surface area (Å²) in [5, 5.41) is 20.1. The molecule has 0 heterocycles. The van der Waals surface area contributed by atoms with Crippen LogP contribution in [0.1, 0.15) is 27.0 Å². The molecule has 2 aromatic carbocycles. The highest BCUT2D eigenvalue weighted by Crippen LogP contribution is 2.29. The summed E-state index contributed by atoms with van der Waals surface area (Å²) in [6.07, 6.45) is 1.44. The van der Waals surface area contributed by atoms with E-state index in [-0.39, 0.29) is 29.6 Å². The van der Waals surface area contributed by atoms with Gasteiger partial charge in [-0.1, -0.05) is 11.6 Å². The molecule has 5 nitrogen and oxygen atoms in total. The third-order valence-electron chi connectivity index (χ3n) is 3.67. The number of Topliss-reactive ketones (excluding diaryl/α,β-unsaturated/α-hetero) is 1. The second kappa shape index (κ2) is 7.36. The van der Waals surface area contributed by atoms with Gasteiger partial charge in [-0.2, -0.15) is 0 Å². The average molecular weight is 348 g/mol. The Bertz CT molecular complexity index is 815. The van der Waals surface area contributed by atoms with Gasteiger partial charge in [0.1, 0.15) is 12.3 Å². The molecule has 2 rings (SSSR count). The van der Waals surface area contributed by atoms with E-state index in [1.807, 2.05) is 0 Å². The molecule has 0 aliphatic rings. The highest BCUT2D eigenvalue weighted by molar-refractivity contribution is 6.32. The van der Waals surface area contributed by atoms with E-state index in [1.54, 1.807) is 19.9 Å². The smallest absolute Gasteiger partial charge is 0.184 e. The van der Waals surface area contributed by atoms with Gasteiger partial charge in [-0.15, -0.1) is 0 Å². The van der Waals surface area contributed by atoms with E-state index >= 15 is 0 Å². The highest BCUT2D eigenvalue weighted by Gasteiger charge is 2.11. The van der Waals surface area contributed by atoms with E-state index in [0.717, 1.165) is 5.56 Å². The number of benzene rings is 2. The minimum Gasteiger partial charge on any atom is -0.507 e. The van der Waals surface area contributed by atoms with Gasteiger partial charge in [0, 0.05) is 22.4 Å². The Morgan fingerprint density at radius 1 is 1.25 bits per heavy atom. The lowest BCUT2D eigenvalue weighted by molar-refractivity contribution is 0.100. The summed E-state index contributed by atoms with van der Waals surface area (Å²) < 4.78 is 4.98. The molecule has 0 aliphatic carbocycles. The van der Waals surface area contributed by atoms with Gasteiger partial charge in [0.05, 0.1) is 7.11 Å². The van der Waals surface area contributed by atoms with Gasteiger partial charge in [-0.05, 0) is 49.2 Å². The van der Waals surface area contributed by atoms with Crippen LogP contribution in [0.15, 0.2) is 29.3 Å². The molecule has 0 atom stereocenters. The van der Waals surface area contributed by atoms with Crippen molar-refractivity contribution in [1.82, 2.24) is 0 Å². The van der Waals surface area contributed by atoms with Crippen molar-refractivity contribution in [3.8, 4) is 17.2 Å². The van der Waals surface area contributed by atoms with Gasteiger partial charge in [0.2, 0.25) is 0 Å². The molecule has 0 aliphatic heterocycles. The number of aromatic hydroxyl groups is 2. The number of rotatable bonds is 5. The van der Waals surface area contributed by atoms with Crippen LogP contribution in [0.4, 0.5) is 0 Å². The second-order valence-corrected chi connectivity index (χ2v) is 5.72. The third-order valence-corrected chi connectivity index (χ3v) is 4.25. The number of carbonyl (C=O) groups excluding carboxylic acids is 1.